The molecule has 2 atom stereocenters. The molecule has 1 aliphatic heterocycles. The minimum Gasteiger partial charge on any atom is -0.508 e. The van der Waals surface area contributed by atoms with Crippen molar-refractivity contribution in [2.75, 3.05) is 0 Å². The van der Waals surface area contributed by atoms with Crippen LogP contribution in [0.2, 0.25) is 0 Å². The number of hydrogen-bond donors (Lipinski definition) is 4. The lowest BCUT2D eigenvalue weighted by molar-refractivity contribution is -0.111. The Kier molecular flexibility index (Phi) is 3.69. The molecule has 0 radical (unpaired) electrons. The minimum atomic E-state index is -1.37. The molecular weight excluding hydrogens is 352 g/mol. The quantitative estimate of drug-likeness (QED) is 0.519. The number of phenols is 2. The Hall–Kier alpha value is -3.03. The summed E-state index contributed by atoms with van der Waals surface area (Å²) in [6.07, 6.45) is -2.63. The van der Waals surface area contributed by atoms with Gasteiger partial charge in [-0.15, -0.1) is 0 Å². The third-order valence-corrected chi connectivity index (χ3v) is 4.81. The standard InChI is InChI=1S/C20H18O7/c1-20(2)19(25)17(24)16-14(27-20)8-12(23)15-11(22)7-13(26-18(15)16)9-3-5-10(21)6-4-9/h3-8,17,19,21,23-25H,1-2H3. The highest BCUT2D eigenvalue weighted by atomic mass is 16.5. The van der Waals surface area contributed by atoms with Gasteiger partial charge in [-0.2, -0.15) is 0 Å². The van der Waals surface area contributed by atoms with Crippen molar-refractivity contribution in [3.8, 4) is 28.6 Å². The van der Waals surface area contributed by atoms with Crippen LogP contribution in [0.3, 0.4) is 0 Å². The summed E-state index contributed by atoms with van der Waals surface area (Å²) in [7, 11) is 0. The van der Waals surface area contributed by atoms with Gasteiger partial charge >= 0.3 is 0 Å². The lowest BCUT2D eigenvalue weighted by atomic mass is 9.87. The van der Waals surface area contributed by atoms with E-state index < -0.39 is 23.2 Å². The zero-order valence-corrected chi connectivity index (χ0v) is 14.6. The number of aromatic hydroxyl groups is 2. The molecule has 0 aliphatic carbocycles. The fourth-order valence-corrected chi connectivity index (χ4v) is 3.33. The zero-order valence-electron chi connectivity index (χ0n) is 14.6. The van der Waals surface area contributed by atoms with Crippen molar-refractivity contribution in [3.63, 3.8) is 0 Å². The average molecular weight is 370 g/mol. The molecule has 3 aromatic rings. The molecule has 0 saturated carbocycles. The van der Waals surface area contributed by atoms with Crippen molar-refractivity contribution in [2.24, 2.45) is 0 Å². The first-order valence-electron chi connectivity index (χ1n) is 8.37. The van der Waals surface area contributed by atoms with E-state index in [1.54, 1.807) is 26.0 Å². The number of hydrogen-bond acceptors (Lipinski definition) is 7. The Morgan fingerprint density at radius 3 is 2.37 bits per heavy atom. The first-order valence-corrected chi connectivity index (χ1v) is 8.37. The van der Waals surface area contributed by atoms with Gasteiger partial charge in [0.2, 0.25) is 0 Å². The van der Waals surface area contributed by atoms with Crippen LogP contribution >= 0.6 is 0 Å². The molecular formula is C20H18O7. The Bertz CT molecular complexity index is 1100. The maximum Gasteiger partial charge on any atom is 0.197 e. The summed E-state index contributed by atoms with van der Waals surface area (Å²) in [5, 5.41) is 40.7. The second kappa shape index (κ2) is 5.73. The molecule has 0 bridgehead atoms. The topological polar surface area (TPSA) is 120 Å². The second-order valence-corrected chi connectivity index (χ2v) is 7.13. The minimum absolute atomic E-state index is 0.0531. The van der Waals surface area contributed by atoms with E-state index >= 15 is 0 Å². The Balaban J connectivity index is 2.04. The summed E-state index contributed by atoms with van der Waals surface area (Å²) in [6, 6.07) is 8.49. The van der Waals surface area contributed by atoms with Gasteiger partial charge in [0.05, 0.1) is 5.56 Å². The van der Waals surface area contributed by atoms with Gasteiger partial charge in [-0.25, -0.2) is 0 Å². The number of aliphatic hydroxyl groups is 2. The molecule has 7 nitrogen and oxygen atoms in total. The Morgan fingerprint density at radius 2 is 1.70 bits per heavy atom. The summed E-state index contributed by atoms with van der Waals surface area (Å²) >= 11 is 0. The van der Waals surface area contributed by atoms with E-state index in [0.717, 1.165) is 0 Å². The Labute approximate surface area is 153 Å². The third-order valence-electron chi connectivity index (χ3n) is 4.81. The summed E-state index contributed by atoms with van der Waals surface area (Å²) in [5.74, 6) is 0.0425. The number of rotatable bonds is 1. The van der Waals surface area contributed by atoms with Gasteiger partial charge in [0.15, 0.2) is 11.0 Å². The van der Waals surface area contributed by atoms with Gasteiger partial charge in [-0.05, 0) is 38.1 Å². The molecule has 1 aromatic heterocycles. The molecule has 7 heteroatoms. The van der Waals surface area contributed by atoms with Crippen molar-refractivity contribution < 1.29 is 29.6 Å². The van der Waals surface area contributed by atoms with E-state index in [1.165, 1.54) is 24.3 Å². The van der Waals surface area contributed by atoms with Crippen molar-refractivity contribution in [3.05, 3.63) is 52.2 Å². The summed E-state index contributed by atoms with van der Waals surface area (Å²) in [4.78, 5) is 12.6. The van der Waals surface area contributed by atoms with E-state index in [2.05, 4.69) is 0 Å². The van der Waals surface area contributed by atoms with Crippen LogP contribution in [-0.2, 0) is 0 Å². The molecule has 2 heterocycles. The fourth-order valence-electron chi connectivity index (χ4n) is 3.33. The van der Waals surface area contributed by atoms with Crippen LogP contribution in [0.15, 0.2) is 45.6 Å². The van der Waals surface area contributed by atoms with Crippen molar-refractivity contribution >= 4 is 11.0 Å². The smallest absolute Gasteiger partial charge is 0.197 e. The SMILES string of the molecule is CC1(C)Oc2cc(O)c3c(=O)cc(-c4ccc(O)cc4)oc3c2C(O)C1O. The van der Waals surface area contributed by atoms with Gasteiger partial charge in [-0.3, -0.25) is 4.79 Å². The van der Waals surface area contributed by atoms with Gasteiger partial charge in [0.1, 0.15) is 46.2 Å². The highest BCUT2D eigenvalue weighted by Gasteiger charge is 2.44. The fraction of sp³-hybridized carbons (Fsp3) is 0.250. The monoisotopic (exact) mass is 370 g/mol. The van der Waals surface area contributed by atoms with Crippen molar-refractivity contribution in [2.45, 2.75) is 31.7 Å². The summed E-state index contributed by atoms with van der Waals surface area (Å²) < 4.78 is 11.6. The second-order valence-electron chi connectivity index (χ2n) is 7.13. The van der Waals surface area contributed by atoms with Crippen LogP contribution in [0.1, 0.15) is 25.5 Å². The van der Waals surface area contributed by atoms with Gasteiger partial charge < -0.3 is 29.6 Å². The first-order chi connectivity index (χ1) is 12.7. The Morgan fingerprint density at radius 1 is 1.04 bits per heavy atom. The molecule has 0 amide bonds. The van der Waals surface area contributed by atoms with E-state index in [-0.39, 0.29) is 39.5 Å². The lowest BCUT2D eigenvalue weighted by Gasteiger charge is -2.40. The zero-order chi connectivity index (χ0) is 19.5. The van der Waals surface area contributed by atoms with Crippen LogP contribution < -0.4 is 10.2 Å². The molecule has 1 aliphatic rings. The van der Waals surface area contributed by atoms with Crippen molar-refractivity contribution in [1.82, 2.24) is 0 Å². The maximum atomic E-state index is 12.6. The molecule has 4 N–H and O–H groups in total. The highest BCUT2D eigenvalue weighted by molar-refractivity contribution is 5.90. The van der Waals surface area contributed by atoms with E-state index in [4.69, 9.17) is 9.15 Å². The number of aliphatic hydroxyl groups excluding tert-OH is 2. The van der Waals surface area contributed by atoms with Crippen LogP contribution in [0.25, 0.3) is 22.3 Å². The van der Waals surface area contributed by atoms with Crippen LogP contribution in [0.4, 0.5) is 0 Å². The third kappa shape index (κ3) is 2.63. The summed E-state index contributed by atoms with van der Waals surface area (Å²) in [6.45, 7) is 3.21. The number of benzene rings is 2. The van der Waals surface area contributed by atoms with Crippen LogP contribution in [0.5, 0.6) is 17.2 Å². The number of fused-ring (bicyclic) bond motifs is 3. The summed E-state index contributed by atoms with van der Waals surface area (Å²) in [5.41, 5.74) is -1.03. The molecule has 27 heavy (non-hydrogen) atoms. The van der Waals surface area contributed by atoms with Gasteiger partial charge in [0, 0.05) is 17.7 Å². The predicted molar refractivity (Wildman–Crippen MR) is 96.9 cm³/mol. The van der Waals surface area contributed by atoms with Gasteiger partial charge in [-0.1, -0.05) is 0 Å². The lowest BCUT2D eigenvalue weighted by Crippen LogP contribution is -2.48. The van der Waals surface area contributed by atoms with E-state index in [9.17, 15) is 25.2 Å². The van der Waals surface area contributed by atoms with Crippen LogP contribution in [0, 0.1) is 0 Å². The molecule has 2 unspecified atom stereocenters. The molecule has 0 saturated heterocycles. The molecule has 2 aromatic carbocycles. The average Bonchev–Trinajstić information content (AvgIpc) is 2.59. The normalized spacial score (nSPS) is 20.9. The first kappa shape index (κ1) is 17.4. The van der Waals surface area contributed by atoms with E-state index in [0.29, 0.717) is 5.56 Å². The highest BCUT2D eigenvalue weighted by Crippen LogP contribution is 2.46. The van der Waals surface area contributed by atoms with Gasteiger partial charge in [0.25, 0.3) is 0 Å². The largest absolute Gasteiger partial charge is 0.508 e. The van der Waals surface area contributed by atoms with Crippen molar-refractivity contribution in [1.29, 1.82) is 0 Å². The maximum absolute atomic E-state index is 12.6. The number of ether oxygens (including phenoxy) is 1. The van der Waals surface area contributed by atoms with E-state index in [1.807, 2.05) is 0 Å². The van der Waals surface area contributed by atoms with Crippen LogP contribution in [-0.4, -0.2) is 32.1 Å². The predicted octanol–water partition coefficient (Wildman–Crippen LogP) is 2.44. The molecule has 0 fully saturated rings. The molecule has 140 valence electrons. The number of phenolic OH excluding ortho intramolecular Hbond substituents is 2. The molecule has 4 rings (SSSR count). The molecule has 0 spiro atoms.